The minimum absolute atomic E-state index is 0.112. The zero-order valence-corrected chi connectivity index (χ0v) is 10.9. The third-order valence-corrected chi connectivity index (χ3v) is 3.49. The van der Waals surface area contributed by atoms with Gasteiger partial charge in [0.2, 0.25) is 0 Å². The molecular weight excluding hydrogens is 216 g/mol. The summed E-state index contributed by atoms with van der Waals surface area (Å²) in [7, 11) is 1.48. The molecule has 17 heavy (non-hydrogen) atoms. The van der Waals surface area contributed by atoms with Crippen molar-refractivity contribution in [3.63, 3.8) is 0 Å². The Morgan fingerprint density at radius 3 is 2.59 bits per heavy atom. The number of esters is 1. The number of hydrogen-bond donors (Lipinski definition) is 1. The normalized spacial score (nSPS) is 21.6. The second-order valence-corrected chi connectivity index (χ2v) is 5.24. The van der Waals surface area contributed by atoms with E-state index in [9.17, 15) is 4.79 Å². The van der Waals surface area contributed by atoms with E-state index in [1.165, 1.54) is 32.8 Å². The van der Waals surface area contributed by atoms with E-state index in [2.05, 4.69) is 17.1 Å². The molecular formula is C13H24N2O2. The van der Waals surface area contributed by atoms with E-state index in [4.69, 9.17) is 4.74 Å². The van der Waals surface area contributed by atoms with Crippen LogP contribution in [0, 0.1) is 0 Å². The van der Waals surface area contributed by atoms with Gasteiger partial charge in [-0.15, -0.1) is 0 Å². The van der Waals surface area contributed by atoms with Crippen molar-refractivity contribution in [1.29, 1.82) is 0 Å². The highest BCUT2D eigenvalue weighted by Crippen LogP contribution is 2.27. The molecule has 2 rings (SSSR count). The van der Waals surface area contributed by atoms with Gasteiger partial charge in [-0.25, -0.2) is 0 Å². The molecule has 0 saturated heterocycles. The third kappa shape index (κ3) is 3.96. The first-order chi connectivity index (χ1) is 8.24. The molecule has 2 fully saturated rings. The number of hydrogen-bond acceptors (Lipinski definition) is 4. The van der Waals surface area contributed by atoms with Gasteiger partial charge in [-0.2, -0.15) is 0 Å². The molecule has 0 aromatic carbocycles. The third-order valence-electron chi connectivity index (χ3n) is 3.49. The van der Waals surface area contributed by atoms with Crippen LogP contribution in [0.15, 0.2) is 0 Å². The SMILES string of the molecule is CCCN(CC(NC1CC1)C(=O)OC)C1CC1. The van der Waals surface area contributed by atoms with E-state index < -0.39 is 0 Å². The molecule has 0 heterocycles. The first-order valence-corrected chi connectivity index (χ1v) is 6.82. The maximum Gasteiger partial charge on any atom is 0.324 e. The molecule has 2 aliphatic carbocycles. The largest absolute Gasteiger partial charge is 0.468 e. The molecule has 0 aromatic rings. The Balaban J connectivity index is 1.86. The van der Waals surface area contributed by atoms with Gasteiger partial charge in [-0.05, 0) is 38.6 Å². The summed E-state index contributed by atoms with van der Waals surface area (Å²) in [6.07, 6.45) is 6.12. The Kier molecular flexibility index (Phi) is 4.40. The zero-order valence-electron chi connectivity index (χ0n) is 10.9. The number of rotatable bonds is 8. The van der Waals surface area contributed by atoms with E-state index in [1.807, 2.05) is 0 Å². The Morgan fingerprint density at radius 2 is 2.12 bits per heavy atom. The monoisotopic (exact) mass is 240 g/mol. The molecule has 1 unspecified atom stereocenters. The van der Waals surface area contributed by atoms with Crippen LogP contribution >= 0.6 is 0 Å². The van der Waals surface area contributed by atoms with Gasteiger partial charge in [0.1, 0.15) is 6.04 Å². The van der Waals surface area contributed by atoms with E-state index in [-0.39, 0.29) is 12.0 Å². The molecule has 2 aliphatic rings. The minimum atomic E-state index is -0.139. The van der Waals surface area contributed by atoms with Gasteiger partial charge in [-0.1, -0.05) is 6.92 Å². The Labute approximate surface area is 104 Å². The molecule has 0 spiro atoms. The van der Waals surface area contributed by atoms with Crippen molar-refractivity contribution in [1.82, 2.24) is 10.2 Å². The van der Waals surface area contributed by atoms with Crippen molar-refractivity contribution in [2.75, 3.05) is 20.2 Å². The summed E-state index contributed by atoms with van der Waals surface area (Å²) in [6, 6.07) is 1.12. The molecule has 0 amide bonds. The molecule has 0 aliphatic heterocycles. The lowest BCUT2D eigenvalue weighted by Gasteiger charge is -2.26. The highest BCUT2D eigenvalue weighted by Gasteiger charge is 2.34. The van der Waals surface area contributed by atoms with Crippen molar-refractivity contribution in [2.45, 2.75) is 57.2 Å². The van der Waals surface area contributed by atoms with Crippen LogP contribution in [-0.4, -0.2) is 49.2 Å². The Bertz CT molecular complexity index is 262. The minimum Gasteiger partial charge on any atom is -0.468 e. The highest BCUT2D eigenvalue weighted by atomic mass is 16.5. The predicted octanol–water partition coefficient (Wildman–Crippen LogP) is 1.15. The van der Waals surface area contributed by atoms with Gasteiger partial charge in [0.25, 0.3) is 0 Å². The van der Waals surface area contributed by atoms with Crippen LogP contribution in [0.5, 0.6) is 0 Å². The number of carbonyl (C=O) groups excluding carboxylic acids is 1. The summed E-state index contributed by atoms with van der Waals surface area (Å²) in [5.41, 5.74) is 0. The number of carbonyl (C=O) groups is 1. The second kappa shape index (κ2) is 5.83. The molecule has 0 bridgehead atoms. The van der Waals surface area contributed by atoms with Crippen molar-refractivity contribution in [3.05, 3.63) is 0 Å². The Hall–Kier alpha value is -0.610. The summed E-state index contributed by atoms with van der Waals surface area (Å²) in [5.74, 6) is -0.112. The second-order valence-electron chi connectivity index (χ2n) is 5.24. The van der Waals surface area contributed by atoms with Crippen LogP contribution in [0.4, 0.5) is 0 Å². The first-order valence-electron chi connectivity index (χ1n) is 6.82. The fraction of sp³-hybridized carbons (Fsp3) is 0.923. The maximum absolute atomic E-state index is 11.7. The van der Waals surface area contributed by atoms with E-state index in [0.717, 1.165) is 19.5 Å². The predicted molar refractivity (Wildman–Crippen MR) is 66.8 cm³/mol. The van der Waals surface area contributed by atoms with Gasteiger partial charge in [0, 0.05) is 18.6 Å². The van der Waals surface area contributed by atoms with Crippen LogP contribution in [0.1, 0.15) is 39.0 Å². The summed E-state index contributed by atoms with van der Waals surface area (Å²) in [4.78, 5) is 14.2. The van der Waals surface area contributed by atoms with Gasteiger partial charge in [0.15, 0.2) is 0 Å². The molecule has 2 saturated carbocycles. The molecule has 98 valence electrons. The fourth-order valence-electron chi connectivity index (χ4n) is 2.26. The molecule has 1 N–H and O–H groups in total. The Morgan fingerprint density at radius 1 is 1.41 bits per heavy atom. The molecule has 4 nitrogen and oxygen atoms in total. The lowest BCUT2D eigenvalue weighted by atomic mass is 10.2. The van der Waals surface area contributed by atoms with Crippen molar-refractivity contribution in [2.24, 2.45) is 0 Å². The number of nitrogens with zero attached hydrogens (tertiary/aromatic N) is 1. The van der Waals surface area contributed by atoms with Gasteiger partial charge in [-0.3, -0.25) is 9.69 Å². The molecule has 1 atom stereocenters. The fourth-order valence-corrected chi connectivity index (χ4v) is 2.26. The molecule has 0 aromatic heterocycles. The van der Waals surface area contributed by atoms with Crippen LogP contribution in [-0.2, 0) is 9.53 Å². The number of ether oxygens (including phenoxy) is 1. The van der Waals surface area contributed by atoms with Crippen LogP contribution in [0.2, 0.25) is 0 Å². The van der Waals surface area contributed by atoms with E-state index in [1.54, 1.807) is 0 Å². The molecule has 0 radical (unpaired) electrons. The summed E-state index contributed by atoms with van der Waals surface area (Å²) in [5, 5.41) is 3.40. The number of methoxy groups -OCH3 is 1. The number of nitrogens with one attached hydrogen (secondary N) is 1. The lowest BCUT2D eigenvalue weighted by Crippen LogP contribution is -2.48. The average molecular weight is 240 g/mol. The van der Waals surface area contributed by atoms with E-state index >= 15 is 0 Å². The summed E-state index contributed by atoms with van der Waals surface area (Å²) >= 11 is 0. The van der Waals surface area contributed by atoms with E-state index in [0.29, 0.717) is 12.1 Å². The van der Waals surface area contributed by atoms with Crippen LogP contribution in [0.25, 0.3) is 0 Å². The van der Waals surface area contributed by atoms with Crippen LogP contribution < -0.4 is 5.32 Å². The summed E-state index contributed by atoms with van der Waals surface area (Å²) in [6.45, 7) is 4.09. The van der Waals surface area contributed by atoms with Gasteiger partial charge in [0.05, 0.1) is 7.11 Å². The molecule has 4 heteroatoms. The highest BCUT2D eigenvalue weighted by molar-refractivity contribution is 5.76. The maximum atomic E-state index is 11.7. The first kappa shape index (κ1) is 12.8. The van der Waals surface area contributed by atoms with Crippen LogP contribution in [0.3, 0.4) is 0 Å². The summed E-state index contributed by atoms with van der Waals surface area (Å²) < 4.78 is 4.89. The van der Waals surface area contributed by atoms with Crippen molar-refractivity contribution in [3.8, 4) is 0 Å². The topological polar surface area (TPSA) is 41.6 Å². The smallest absolute Gasteiger partial charge is 0.324 e. The standard InChI is InChI=1S/C13H24N2O2/c1-3-8-15(11-6-7-11)9-12(13(16)17-2)14-10-4-5-10/h10-12,14H,3-9H2,1-2H3. The quantitative estimate of drug-likeness (QED) is 0.646. The van der Waals surface area contributed by atoms with Crippen molar-refractivity contribution < 1.29 is 9.53 Å². The van der Waals surface area contributed by atoms with Gasteiger partial charge < -0.3 is 10.1 Å². The lowest BCUT2D eigenvalue weighted by molar-refractivity contribution is -0.143. The average Bonchev–Trinajstić information content (AvgIpc) is 3.17. The van der Waals surface area contributed by atoms with Crippen molar-refractivity contribution >= 4 is 5.97 Å². The van der Waals surface area contributed by atoms with Gasteiger partial charge >= 0.3 is 5.97 Å². The zero-order chi connectivity index (χ0) is 12.3.